The van der Waals surface area contributed by atoms with Crippen LogP contribution in [-0.4, -0.2) is 70.2 Å². The Morgan fingerprint density at radius 3 is 2.87 bits per heavy atom. The summed E-state index contributed by atoms with van der Waals surface area (Å²) in [7, 11) is 3.57. The predicted molar refractivity (Wildman–Crippen MR) is 139 cm³/mol. The maximum absolute atomic E-state index is 5.69. The summed E-state index contributed by atoms with van der Waals surface area (Å²) in [6, 6.07) is 15.2. The van der Waals surface area contributed by atoms with Gasteiger partial charge in [0.2, 0.25) is 0 Å². The fourth-order valence-corrected chi connectivity index (χ4v) is 4.58. The lowest BCUT2D eigenvalue weighted by Gasteiger charge is -2.21. The van der Waals surface area contributed by atoms with Crippen LogP contribution in [0.2, 0.25) is 0 Å². The molecular weight excluding hydrogens is 509 g/mol. The van der Waals surface area contributed by atoms with Crippen molar-refractivity contribution in [2.75, 3.05) is 59.4 Å². The zero-order valence-electron chi connectivity index (χ0n) is 18.0. The summed E-state index contributed by atoms with van der Waals surface area (Å²) in [6.07, 6.45) is 1.16. The van der Waals surface area contributed by atoms with Gasteiger partial charge in [-0.2, -0.15) is 11.8 Å². The van der Waals surface area contributed by atoms with Crippen molar-refractivity contribution in [3.63, 3.8) is 0 Å². The van der Waals surface area contributed by atoms with Gasteiger partial charge in [0.15, 0.2) is 5.96 Å². The average Bonchev–Trinajstić information content (AvgIpc) is 3.22. The van der Waals surface area contributed by atoms with Gasteiger partial charge in [0, 0.05) is 51.2 Å². The Kier molecular flexibility index (Phi) is 11.9. The fourth-order valence-electron chi connectivity index (χ4n) is 3.72. The number of likely N-dealkylation sites (tertiary alicyclic amines) is 1. The van der Waals surface area contributed by atoms with Gasteiger partial charge in [0.25, 0.3) is 0 Å². The number of nitrogens with one attached hydrogen (secondary N) is 1. The first kappa shape index (κ1) is 25.2. The molecule has 166 valence electrons. The standard InChI is InChI=1S/C23H33N3O2S.HI/c1-24-23(26-12-10-19(16-26)17-28-14-13-27-2)25-11-15-29-18-21-8-5-7-20-6-3-4-9-22(20)21;/h3-9,19H,10-18H2,1-2H3,(H,24,25);1H. The van der Waals surface area contributed by atoms with E-state index in [0.717, 1.165) is 50.1 Å². The predicted octanol–water partition coefficient (Wildman–Crippen LogP) is 4.25. The molecule has 5 nitrogen and oxygen atoms in total. The normalized spacial score (nSPS) is 16.7. The number of ether oxygens (including phenoxy) is 2. The van der Waals surface area contributed by atoms with Crippen molar-refractivity contribution in [1.82, 2.24) is 10.2 Å². The summed E-state index contributed by atoms with van der Waals surface area (Å²) < 4.78 is 10.7. The van der Waals surface area contributed by atoms with Crippen LogP contribution in [0.5, 0.6) is 0 Å². The summed E-state index contributed by atoms with van der Waals surface area (Å²) in [5, 5.41) is 6.21. The van der Waals surface area contributed by atoms with Crippen LogP contribution in [0.4, 0.5) is 0 Å². The molecule has 1 heterocycles. The van der Waals surface area contributed by atoms with Gasteiger partial charge in [-0.25, -0.2) is 0 Å². The molecule has 1 saturated heterocycles. The van der Waals surface area contributed by atoms with E-state index in [4.69, 9.17) is 9.47 Å². The number of guanidine groups is 1. The van der Waals surface area contributed by atoms with E-state index in [0.29, 0.717) is 19.1 Å². The van der Waals surface area contributed by atoms with Crippen LogP contribution < -0.4 is 5.32 Å². The number of rotatable bonds is 10. The Bertz CT molecular complexity index is 785. The zero-order chi connectivity index (χ0) is 20.3. The quantitative estimate of drug-likeness (QED) is 0.210. The van der Waals surface area contributed by atoms with E-state index in [2.05, 4.69) is 57.7 Å². The minimum Gasteiger partial charge on any atom is -0.382 e. The SMILES string of the molecule is CN=C(NCCSCc1cccc2ccccc12)N1CCC(COCCOC)C1.I. The first-order valence-electron chi connectivity index (χ1n) is 10.4. The number of halogens is 1. The molecule has 0 bridgehead atoms. The summed E-state index contributed by atoms with van der Waals surface area (Å²) in [5.41, 5.74) is 1.41. The van der Waals surface area contributed by atoms with Crippen LogP contribution in [-0.2, 0) is 15.2 Å². The number of fused-ring (bicyclic) bond motifs is 1. The number of benzene rings is 2. The van der Waals surface area contributed by atoms with Crippen molar-refractivity contribution < 1.29 is 9.47 Å². The van der Waals surface area contributed by atoms with Gasteiger partial charge in [0.05, 0.1) is 19.8 Å². The van der Waals surface area contributed by atoms with E-state index < -0.39 is 0 Å². The summed E-state index contributed by atoms with van der Waals surface area (Å²) in [4.78, 5) is 6.82. The first-order valence-corrected chi connectivity index (χ1v) is 11.5. The van der Waals surface area contributed by atoms with Crippen molar-refractivity contribution in [2.24, 2.45) is 10.9 Å². The Morgan fingerprint density at radius 1 is 1.20 bits per heavy atom. The minimum atomic E-state index is 0. The minimum absolute atomic E-state index is 0. The van der Waals surface area contributed by atoms with Crippen molar-refractivity contribution >= 4 is 52.5 Å². The molecule has 30 heavy (non-hydrogen) atoms. The van der Waals surface area contributed by atoms with E-state index in [-0.39, 0.29) is 24.0 Å². The van der Waals surface area contributed by atoms with Crippen LogP contribution in [0.1, 0.15) is 12.0 Å². The van der Waals surface area contributed by atoms with Crippen molar-refractivity contribution in [2.45, 2.75) is 12.2 Å². The molecule has 1 atom stereocenters. The Hall–Kier alpha value is -1.03. The van der Waals surface area contributed by atoms with Crippen LogP contribution in [0.25, 0.3) is 10.8 Å². The van der Waals surface area contributed by atoms with Crippen LogP contribution >= 0.6 is 35.7 Å². The Labute approximate surface area is 202 Å². The van der Waals surface area contributed by atoms with Crippen LogP contribution in [0.15, 0.2) is 47.5 Å². The highest BCUT2D eigenvalue weighted by Gasteiger charge is 2.24. The topological polar surface area (TPSA) is 46.1 Å². The van der Waals surface area contributed by atoms with E-state index in [1.807, 2.05) is 18.8 Å². The maximum atomic E-state index is 5.69. The van der Waals surface area contributed by atoms with Gasteiger partial charge in [-0.1, -0.05) is 42.5 Å². The molecule has 1 unspecified atom stereocenters. The second kappa shape index (κ2) is 14.1. The lowest BCUT2D eigenvalue weighted by molar-refractivity contribution is 0.0536. The smallest absolute Gasteiger partial charge is 0.193 e. The van der Waals surface area contributed by atoms with Crippen molar-refractivity contribution in [3.8, 4) is 0 Å². The fraction of sp³-hybridized carbons (Fsp3) is 0.522. The molecular formula is C23H34IN3O2S. The third-order valence-corrected chi connectivity index (χ3v) is 6.26. The van der Waals surface area contributed by atoms with E-state index in [1.54, 1.807) is 7.11 Å². The Balaban J connectivity index is 0.00000320. The molecule has 1 aliphatic heterocycles. The molecule has 0 radical (unpaired) electrons. The molecule has 0 amide bonds. The molecule has 1 aliphatic rings. The van der Waals surface area contributed by atoms with Crippen molar-refractivity contribution in [3.05, 3.63) is 48.0 Å². The molecule has 7 heteroatoms. The number of aliphatic imine (C=N–C) groups is 1. The van der Waals surface area contributed by atoms with Gasteiger partial charge >= 0.3 is 0 Å². The Morgan fingerprint density at radius 2 is 2.03 bits per heavy atom. The lowest BCUT2D eigenvalue weighted by Crippen LogP contribution is -2.41. The van der Waals surface area contributed by atoms with Crippen LogP contribution in [0, 0.1) is 5.92 Å². The number of hydrogen-bond acceptors (Lipinski definition) is 4. The molecule has 1 fully saturated rings. The molecule has 0 saturated carbocycles. The van der Waals surface area contributed by atoms with Gasteiger partial charge in [-0.3, -0.25) is 4.99 Å². The van der Waals surface area contributed by atoms with Gasteiger partial charge in [0.1, 0.15) is 0 Å². The zero-order valence-corrected chi connectivity index (χ0v) is 21.2. The molecule has 2 aromatic rings. The monoisotopic (exact) mass is 543 g/mol. The highest BCUT2D eigenvalue weighted by Crippen LogP contribution is 2.22. The lowest BCUT2D eigenvalue weighted by atomic mass is 10.1. The number of hydrogen-bond donors (Lipinski definition) is 1. The molecule has 2 aromatic carbocycles. The first-order chi connectivity index (χ1) is 14.3. The highest BCUT2D eigenvalue weighted by molar-refractivity contribution is 14.0. The maximum Gasteiger partial charge on any atom is 0.193 e. The molecule has 0 spiro atoms. The van der Waals surface area contributed by atoms with Crippen molar-refractivity contribution in [1.29, 1.82) is 0 Å². The molecule has 1 N–H and O–H groups in total. The van der Waals surface area contributed by atoms with E-state index in [1.165, 1.54) is 16.3 Å². The number of thioether (sulfide) groups is 1. The summed E-state index contributed by atoms with van der Waals surface area (Å²) >= 11 is 1.96. The van der Waals surface area contributed by atoms with E-state index in [9.17, 15) is 0 Å². The molecule has 3 rings (SSSR count). The number of nitrogens with zero attached hydrogens (tertiary/aromatic N) is 2. The van der Waals surface area contributed by atoms with Gasteiger partial charge < -0.3 is 19.7 Å². The second-order valence-corrected chi connectivity index (χ2v) is 8.44. The van der Waals surface area contributed by atoms with Crippen LogP contribution in [0.3, 0.4) is 0 Å². The number of methoxy groups -OCH3 is 1. The third-order valence-electron chi connectivity index (χ3n) is 5.25. The van der Waals surface area contributed by atoms with E-state index >= 15 is 0 Å². The summed E-state index contributed by atoms with van der Waals surface area (Å²) in [5.74, 6) is 3.67. The molecule has 0 aromatic heterocycles. The summed E-state index contributed by atoms with van der Waals surface area (Å²) in [6.45, 7) is 5.12. The largest absolute Gasteiger partial charge is 0.382 e. The van der Waals surface area contributed by atoms with Gasteiger partial charge in [-0.05, 0) is 22.8 Å². The highest BCUT2D eigenvalue weighted by atomic mass is 127. The average molecular weight is 544 g/mol. The van der Waals surface area contributed by atoms with Gasteiger partial charge in [-0.15, -0.1) is 24.0 Å². The molecule has 0 aliphatic carbocycles. The third kappa shape index (κ3) is 7.59. The second-order valence-electron chi connectivity index (χ2n) is 7.33.